The zero-order valence-electron chi connectivity index (χ0n) is 24.7. The molecule has 0 bridgehead atoms. The van der Waals surface area contributed by atoms with Crippen molar-refractivity contribution in [3.8, 4) is 0 Å². The Kier molecular flexibility index (Phi) is 8.43. The van der Waals surface area contributed by atoms with Crippen LogP contribution in [0.4, 0.5) is 14.9 Å². The van der Waals surface area contributed by atoms with Gasteiger partial charge in [-0.3, -0.25) is 19.4 Å². The minimum absolute atomic E-state index is 0.0702. The second-order valence-corrected chi connectivity index (χ2v) is 11.2. The summed E-state index contributed by atoms with van der Waals surface area (Å²) in [4.78, 5) is 55.2. The summed E-state index contributed by atoms with van der Waals surface area (Å²) in [5.41, 5.74) is 3.17. The molecule has 10 nitrogen and oxygen atoms in total. The molecule has 2 atom stereocenters. The summed E-state index contributed by atoms with van der Waals surface area (Å²) >= 11 is 0. The zero-order chi connectivity index (χ0) is 31.5. The van der Waals surface area contributed by atoms with E-state index >= 15 is 0 Å². The van der Waals surface area contributed by atoms with Crippen LogP contribution < -0.4 is 10.6 Å². The van der Waals surface area contributed by atoms with Gasteiger partial charge in [0.2, 0.25) is 18.2 Å². The molecule has 0 saturated carbocycles. The number of hydrogen-bond acceptors (Lipinski definition) is 5. The molecule has 0 aromatic heterocycles. The molecule has 0 radical (unpaired) electrons. The summed E-state index contributed by atoms with van der Waals surface area (Å²) in [6.45, 7) is 0.663. The summed E-state index contributed by atoms with van der Waals surface area (Å²) in [5, 5.41) is 10.6. The smallest absolute Gasteiger partial charge is 0.332 e. The fourth-order valence-corrected chi connectivity index (χ4v) is 6.13. The predicted octanol–water partition coefficient (Wildman–Crippen LogP) is 3.73. The Balaban J connectivity index is 1.27. The number of anilines is 1. The molecule has 2 N–H and O–H groups in total. The summed E-state index contributed by atoms with van der Waals surface area (Å²) in [5.74, 6) is -0.783. The van der Waals surface area contributed by atoms with Crippen LogP contribution in [0.1, 0.15) is 16.7 Å². The molecular weight excluding hydrogens is 575 g/mol. The van der Waals surface area contributed by atoms with Crippen LogP contribution in [0, 0.1) is 5.82 Å². The van der Waals surface area contributed by atoms with Gasteiger partial charge in [0.15, 0.2) is 0 Å². The highest BCUT2D eigenvalue weighted by molar-refractivity contribution is 5.92. The third kappa shape index (κ3) is 6.20. The van der Waals surface area contributed by atoms with Crippen LogP contribution in [0.15, 0.2) is 91.0 Å². The molecule has 0 aliphatic carbocycles. The third-order valence-electron chi connectivity index (χ3n) is 8.45. The molecule has 0 unspecified atom stereocenters. The van der Waals surface area contributed by atoms with Gasteiger partial charge in [-0.25, -0.2) is 9.18 Å². The predicted molar refractivity (Wildman–Crippen MR) is 167 cm³/mol. The van der Waals surface area contributed by atoms with Gasteiger partial charge in [0.1, 0.15) is 18.0 Å². The molecule has 4 aromatic carbocycles. The first kappa shape index (κ1) is 29.8. The Morgan fingerprint density at radius 1 is 0.956 bits per heavy atom. The molecule has 2 aliphatic heterocycles. The van der Waals surface area contributed by atoms with E-state index in [0.717, 1.165) is 27.5 Å². The van der Waals surface area contributed by atoms with E-state index in [0.29, 0.717) is 18.6 Å². The lowest BCUT2D eigenvalue weighted by Gasteiger charge is -2.46. The van der Waals surface area contributed by atoms with E-state index in [4.69, 9.17) is 0 Å². The fraction of sp³-hybridized carbons (Fsp3) is 0.235. The van der Waals surface area contributed by atoms with Crippen molar-refractivity contribution in [1.29, 1.82) is 0 Å². The van der Waals surface area contributed by atoms with Gasteiger partial charge in [-0.2, -0.15) is 5.01 Å². The number of urea groups is 1. The molecule has 4 aromatic rings. The van der Waals surface area contributed by atoms with Crippen LogP contribution in [0.2, 0.25) is 0 Å². The van der Waals surface area contributed by atoms with Crippen molar-refractivity contribution < 1.29 is 23.6 Å². The van der Waals surface area contributed by atoms with E-state index in [2.05, 4.69) is 10.6 Å². The van der Waals surface area contributed by atoms with Gasteiger partial charge < -0.3 is 20.4 Å². The van der Waals surface area contributed by atoms with Gasteiger partial charge in [0.25, 0.3) is 0 Å². The lowest BCUT2D eigenvalue weighted by Crippen LogP contribution is -2.65. The van der Waals surface area contributed by atoms with Crippen molar-refractivity contribution in [2.75, 3.05) is 25.5 Å². The Labute approximate surface area is 260 Å². The molecular formula is C34H33FN6O4. The van der Waals surface area contributed by atoms with Crippen molar-refractivity contribution in [2.24, 2.45) is 0 Å². The molecule has 45 heavy (non-hydrogen) atoms. The second kappa shape index (κ2) is 12.7. The number of nitrogens with zero attached hydrogens (tertiary/aromatic N) is 4. The van der Waals surface area contributed by atoms with Crippen LogP contribution in [0.3, 0.4) is 0 Å². The van der Waals surface area contributed by atoms with Gasteiger partial charge in [0, 0.05) is 32.2 Å². The Hall–Kier alpha value is -5.29. The first-order chi connectivity index (χ1) is 21.8. The van der Waals surface area contributed by atoms with Crippen LogP contribution in [-0.4, -0.2) is 76.4 Å². The Morgan fingerprint density at radius 3 is 2.42 bits per heavy atom. The third-order valence-corrected chi connectivity index (χ3v) is 8.45. The molecule has 2 aliphatic rings. The van der Waals surface area contributed by atoms with Crippen LogP contribution >= 0.6 is 0 Å². The number of piperazine rings is 1. The molecule has 2 fully saturated rings. The number of fused-ring (bicyclic) bond motifs is 2. The zero-order valence-corrected chi connectivity index (χ0v) is 24.7. The standard InChI is InChI=1S/C34H33FN6O4/c1-38(34(45)36-18-24-9-13-27(35)14-10-24)40-21-32(43)41-30(17-23-11-15-28(16-12-23)37-22-42)33(44)39(20-31(40)41)19-26-7-4-6-25-5-2-3-8-29(25)26/h2-16,22,30-31H,17-21H2,1H3,(H,36,45)(H,37,42)/t30-,31+/m0/s1. The van der Waals surface area contributed by atoms with Gasteiger partial charge in [-0.05, 0) is 51.7 Å². The van der Waals surface area contributed by atoms with Crippen molar-refractivity contribution in [3.05, 3.63) is 114 Å². The highest BCUT2D eigenvalue weighted by Crippen LogP contribution is 2.31. The molecule has 230 valence electrons. The average Bonchev–Trinajstić information content (AvgIpc) is 3.38. The quantitative estimate of drug-likeness (QED) is 0.282. The largest absolute Gasteiger partial charge is 0.333 e. The number of rotatable bonds is 9. The number of amides is 5. The minimum Gasteiger partial charge on any atom is -0.333 e. The maximum absolute atomic E-state index is 14.2. The van der Waals surface area contributed by atoms with Crippen molar-refractivity contribution in [3.63, 3.8) is 0 Å². The van der Waals surface area contributed by atoms with E-state index < -0.39 is 18.2 Å². The van der Waals surface area contributed by atoms with Crippen LogP contribution in [0.5, 0.6) is 0 Å². The van der Waals surface area contributed by atoms with Gasteiger partial charge in [-0.1, -0.05) is 66.7 Å². The number of hydrogen-bond donors (Lipinski definition) is 2. The van der Waals surface area contributed by atoms with E-state index in [1.165, 1.54) is 17.1 Å². The SMILES string of the molecule is CN(C(=O)NCc1ccc(F)cc1)N1CC(=O)N2[C@@H](Cc3ccc(NC=O)cc3)C(=O)N(Cc3cccc4ccccc34)C[C@@H]21. The Bertz CT molecular complexity index is 1730. The lowest BCUT2D eigenvalue weighted by atomic mass is 9.98. The van der Waals surface area contributed by atoms with Crippen molar-refractivity contribution in [2.45, 2.75) is 31.7 Å². The topological polar surface area (TPSA) is 105 Å². The lowest BCUT2D eigenvalue weighted by molar-refractivity contribution is -0.157. The number of halogens is 1. The first-order valence-electron chi connectivity index (χ1n) is 14.7. The van der Waals surface area contributed by atoms with Gasteiger partial charge >= 0.3 is 6.03 Å². The van der Waals surface area contributed by atoms with E-state index in [1.807, 2.05) is 54.6 Å². The van der Waals surface area contributed by atoms with Crippen molar-refractivity contribution >= 4 is 40.7 Å². The maximum Gasteiger partial charge on any atom is 0.332 e. The molecule has 6 rings (SSSR count). The normalized spacial score (nSPS) is 18.2. The van der Waals surface area contributed by atoms with E-state index in [9.17, 15) is 23.6 Å². The maximum atomic E-state index is 14.2. The van der Waals surface area contributed by atoms with E-state index in [1.54, 1.807) is 46.1 Å². The number of carbonyl (C=O) groups is 4. The van der Waals surface area contributed by atoms with Gasteiger partial charge in [0.05, 0.1) is 13.1 Å². The number of carbonyl (C=O) groups excluding carboxylic acids is 4. The number of hydrazine groups is 1. The monoisotopic (exact) mass is 608 g/mol. The highest BCUT2D eigenvalue weighted by atomic mass is 19.1. The molecule has 5 amide bonds. The van der Waals surface area contributed by atoms with Crippen molar-refractivity contribution in [1.82, 2.24) is 25.1 Å². The van der Waals surface area contributed by atoms with Crippen LogP contribution in [-0.2, 0) is 33.9 Å². The molecule has 2 heterocycles. The average molecular weight is 609 g/mol. The van der Waals surface area contributed by atoms with E-state index in [-0.39, 0.29) is 43.7 Å². The summed E-state index contributed by atoms with van der Waals surface area (Å²) in [6, 6.07) is 25.8. The van der Waals surface area contributed by atoms with Crippen LogP contribution in [0.25, 0.3) is 10.8 Å². The number of nitrogens with one attached hydrogen (secondary N) is 2. The molecule has 2 saturated heterocycles. The summed E-state index contributed by atoms with van der Waals surface area (Å²) < 4.78 is 13.3. The number of benzene rings is 4. The molecule has 0 spiro atoms. The molecule has 11 heteroatoms. The second-order valence-electron chi connectivity index (χ2n) is 11.2. The first-order valence-corrected chi connectivity index (χ1v) is 14.7. The summed E-state index contributed by atoms with van der Waals surface area (Å²) in [7, 11) is 1.59. The highest BCUT2D eigenvalue weighted by Gasteiger charge is 2.51. The fourth-order valence-electron chi connectivity index (χ4n) is 6.13. The van der Waals surface area contributed by atoms with Gasteiger partial charge in [-0.15, -0.1) is 0 Å². The Morgan fingerprint density at radius 2 is 1.67 bits per heavy atom. The minimum atomic E-state index is -0.795. The summed E-state index contributed by atoms with van der Waals surface area (Å²) in [6.07, 6.45) is 0.287.